The highest BCUT2D eigenvalue weighted by Gasteiger charge is 2.04. The largest absolute Gasteiger partial charge is 0.330 e. The maximum absolute atomic E-state index is 3.98. The van der Waals surface area contributed by atoms with Gasteiger partial charge in [-0.2, -0.15) is 0 Å². The molecule has 15 heavy (non-hydrogen) atoms. The average molecular weight is 349 g/mol. The fourth-order valence-corrected chi connectivity index (χ4v) is 2.48. The van der Waals surface area contributed by atoms with Crippen molar-refractivity contribution in [1.82, 2.24) is 10.2 Å². The molecule has 0 saturated carbocycles. The van der Waals surface area contributed by atoms with E-state index in [1.165, 1.54) is 16.9 Å². The second-order valence-electron chi connectivity index (χ2n) is 2.94. The number of nitrogens with one attached hydrogen (secondary N) is 1. The van der Waals surface area contributed by atoms with Crippen molar-refractivity contribution < 1.29 is 0 Å². The number of benzene rings is 1. The molecule has 2 aromatic rings. The molecule has 6 heteroatoms. The van der Waals surface area contributed by atoms with Crippen molar-refractivity contribution in [3.8, 4) is 0 Å². The van der Waals surface area contributed by atoms with Gasteiger partial charge in [0, 0.05) is 10.2 Å². The van der Waals surface area contributed by atoms with Crippen LogP contribution in [0.4, 0.5) is 10.8 Å². The van der Waals surface area contributed by atoms with Gasteiger partial charge in [-0.05, 0) is 40.5 Å². The first kappa shape index (κ1) is 11.0. The standard InChI is InChI=1S/C9H7Br2N3S/c1-5-2-3-6(10)4-7(5)12-9-14-13-8(11)15-9/h2-4H,1H3,(H,12,14). The summed E-state index contributed by atoms with van der Waals surface area (Å²) in [5, 5.41) is 11.9. The van der Waals surface area contributed by atoms with Crippen molar-refractivity contribution >= 4 is 54.0 Å². The van der Waals surface area contributed by atoms with Gasteiger partial charge in [-0.25, -0.2) is 0 Å². The van der Waals surface area contributed by atoms with Gasteiger partial charge in [0.15, 0.2) is 3.92 Å². The van der Waals surface area contributed by atoms with Gasteiger partial charge in [0.2, 0.25) is 5.13 Å². The van der Waals surface area contributed by atoms with Crippen LogP contribution in [0.3, 0.4) is 0 Å². The number of halogens is 2. The van der Waals surface area contributed by atoms with Crippen LogP contribution in [0.15, 0.2) is 26.6 Å². The third-order valence-electron chi connectivity index (χ3n) is 1.84. The second kappa shape index (κ2) is 4.59. The van der Waals surface area contributed by atoms with Gasteiger partial charge in [0.05, 0.1) is 0 Å². The van der Waals surface area contributed by atoms with Crippen LogP contribution in [0.2, 0.25) is 0 Å². The van der Waals surface area contributed by atoms with Crippen LogP contribution in [0.5, 0.6) is 0 Å². The van der Waals surface area contributed by atoms with Crippen molar-refractivity contribution in [3.05, 3.63) is 32.2 Å². The molecule has 0 unspecified atom stereocenters. The molecule has 2 rings (SSSR count). The lowest BCUT2D eigenvalue weighted by Gasteiger charge is -2.06. The van der Waals surface area contributed by atoms with Gasteiger partial charge in [-0.15, -0.1) is 10.2 Å². The maximum Gasteiger partial charge on any atom is 0.210 e. The molecule has 0 saturated heterocycles. The van der Waals surface area contributed by atoms with E-state index in [2.05, 4.69) is 47.4 Å². The smallest absolute Gasteiger partial charge is 0.210 e. The molecule has 0 spiro atoms. The fraction of sp³-hybridized carbons (Fsp3) is 0.111. The molecule has 1 heterocycles. The summed E-state index contributed by atoms with van der Waals surface area (Å²) in [6.07, 6.45) is 0. The summed E-state index contributed by atoms with van der Waals surface area (Å²) in [5.41, 5.74) is 2.21. The second-order valence-corrected chi connectivity index (χ2v) is 6.11. The highest BCUT2D eigenvalue weighted by Crippen LogP contribution is 2.27. The Balaban J connectivity index is 2.27. The fourth-order valence-electron chi connectivity index (χ4n) is 1.10. The normalized spacial score (nSPS) is 10.3. The summed E-state index contributed by atoms with van der Waals surface area (Å²) in [6.45, 7) is 2.05. The van der Waals surface area contributed by atoms with E-state index in [1.807, 2.05) is 25.1 Å². The summed E-state index contributed by atoms with van der Waals surface area (Å²) in [7, 11) is 0. The molecule has 0 radical (unpaired) electrons. The van der Waals surface area contributed by atoms with Crippen LogP contribution >= 0.6 is 43.2 Å². The average Bonchev–Trinajstić information content (AvgIpc) is 2.58. The number of aromatic nitrogens is 2. The highest BCUT2D eigenvalue weighted by atomic mass is 79.9. The molecule has 1 aromatic carbocycles. The molecule has 0 aliphatic heterocycles. The summed E-state index contributed by atoms with van der Waals surface area (Å²) in [5.74, 6) is 0. The van der Waals surface area contributed by atoms with Gasteiger partial charge in [-0.3, -0.25) is 0 Å². The molecular weight excluding hydrogens is 342 g/mol. The molecular formula is C9H7Br2N3S. The van der Waals surface area contributed by atoms with E-state index in [1.54, 1.807) is 0 Å². The Morgan fingerprint density at radius 1 is 1.27 bits per heavy atom. The third-order valence-corrected chi connectivity index (χ3v) is 3.61. The minimum atomic E-state index is 0.776. The molecule has 0 amide bonds. The van der Waals surface area contributed by atoms with Gasteiger partial charge in [0.1, 0.15) is 0 Å². The van der Waals surface area contributed by atoms with Crippen LogP contribution in [0.1, 0.15) is 5.56 Å². The molecule has 0 fully saturated rings. The van der Waals surface area contributed by atoms with E-state index >= 15 is 0 Å². The molecule has 0 aliphatic carbocycles. The number of hydrogen-bond donors (Lipinski definition) is 1. The van der Waals surface area contributed by atoms with Gasteiger partial charge in [0.25, 0.3) is 0 Å². The number of rotatable bonds is 2. The molecule has 0 atom stereocenters. The number of aryl methyl sites for hydroxylation is 1. The van der Waals surface area contributed by atoms with Gasteiger partial charge in [-0.1, -0.05) is 33.3 Å². The van der Waals surface area contributed by atoms with Crippen LogP contribution in [0, 0.1) is 6.92 Å². The zero-order valence-electron chi connectivity index (χ0n) is 7.79. The number of anilines is 2. The minimum Gasteiger partial charge on any atom is -0.330 e. The summed E-state index contributed by atoms with van der Waals surface area (Å²) in [6, 6.07) is 6.07. The first-order valence-corrected chi connectivity index (χ1v) is 6.57. The Bertz CT molecular complexity index is 484. The Morgan fingerprint density at radius 2 is 2.07 bits per heavy atom. The van der Waals surface area contributed by atoms with Crippen molar-refractivity contribution in [2.45, 2.75) is 6.92 Å². The van der Waals surface area contributed by atoms with Crippen molar-refractivity contribution in [2.24, 2.45) is 0 Å². The SMILES string of the molecule is Cc1ccc(Br)cc1Nc1nnc(Br)s1. The third kappa shape index (κ3) is 2.76. The van der Waals surface area contributed by atoms with Gasteiger partial charge < -0.3 is 5.32 Å². The Labute approximate surface area is 108 Å². The van der Waals surface area contributed by atoms with Gasteiger partial charge >= 0.3 is 0 Å². The maximum atomic E-state index is 3.98. The Hall–Kier alpha value is -0.460. The molecule has 0 bridgehead atoms. The van der Waals surface area contributed by atoms with E-state index in [9.17, 15) is 0 Å². The predicted molar refractivity (Wildman–Crippen MR) is 69.8 cm³/mol. The van der Waals surface area contributed by atoms with Crippen LogP contribution in [-0.2, 0) is 0 Å². The molecule has 1 aromatic heterocycles. The Kier molecular flexibility index (Phi) is 3.38. The Morgan fingerprint density at radius 3 is 2.73 bits per heavy atom. The zero-order chi connectivity index (χ0) is 10.8. The lowest BCUT2D eigenvalue weighted by molar-refractivity contribution is 1.07. The molecule has 78 valence electrons. The van der Waals surface area contributed by atoms with Crippen molar-refractivity contribution in [3.63, 3.8) is 0 Å². The zero-order valence-corrected chi connectivity index (χ0v) is 11.8. The van der Waals surface area contributed by atoms with E-state index in [0.29, 0.717) is 0 Å². The van der Waals surface area contributed by atoms with E-state index in [0.717, 1.165) is 19.2 Å². The van der Waals surface area contributed by atoms with Crippen molar-refractivity contribution in [1.29, 1.82) is 0 Å². The lowest BCUT2D eigenvalue weighted by atomic mass is 10.2. The van der Waals surface area contributed by atoms with E-state index < -0.39 is 0 Å². The first-order valence-electron chi connectivity index (χ1n) is 4.17. The first-order chi connectivity index (χ1) is 7.15. The topological polar surface area (TPSA) is 37.8 Å². The predicted octanol–water partition coefficient (Wildman–Crippen LogP) is 4.12. The lowest BCUT2D eigenvalue weighted by Crippen LogP contribution is -1.92. The van der Waals surface area contributed by atoms with E-state index in [4.69, 9.17) is 0 Å². The van der Waals surface area contributed by atoms with E-state index in [-0.39, 0.29) is 0 Å². The van der Waals surface area contributed by atoms with Crippen molar-refractivity contribution in [2.75, 3.05) is 5.32 Å². The highest BCUT2D eigenvalue weighted by molar-refractivity contribution is 9.11. The van der Waals surface area contributed by atoms with Crippen LogP contribution in [-0.4, -0.2) is 10.2 Å². The minimum absolute atomic E-state index is 0.776. The summed E-state index contributed by atoms with van der Waals surface area (Å²) < 4.78 is 1.82. The number of nitrogens with zero attached hydrogens (tertiary/aromatic N) is 2. The van der Waals surface area contributed by atoms with Crippen LogP contribution in [0.25, 0.3) is 0 Å². The monoisotopic (exact) mass is 347 g/mol. The number of hydrogen-bond acceptors (Lipinski definition) is 4. The molecule has 3 nitrogen and oxygen atoms in total. The summed E-state index contributed by atoms with van der Waals surface area (Å²) >= 11 is 8.17. The van der Waals surface area contributed by atoms with Crippen LogP contribution < -0.4 is 5.32 Å². The molecule has 1 N–H and O–H groups in total. The quantitative estimate of drug-likeness (QED) is 0.887. The summed E-state index contributed by atoms with van der Waals surface area (Å²) in [4.78, 5) is 0. The molecule has 0 aliphatic rings.